The van der Waals surface area contributed by atoms with E-state index in [-0.39, 0.29) is 11.8 Å². The van der Waals surface area contributed by atoms with Gasteiger partial charge in [-0.25, -0.2) is 8.78 Å². The number of aryl methyl sites for hydroxylation is 1. The first-order valence-corrected chi connectivity index (χ1v) is 4.77. The summed E-state index contributed by atoms with van der Waals surface area (Å²) in [6.07, 6.45) is -0.0932. The third kappa shape index (κ3) is 2.89. The van der Waals surface area contributed by atoms with Crippen LogP contribution >= 0.6 is 0 Å². The van der Waals surface area contributed by atoms with Crippen LogP contribution in [0.5, 0.6) is 0 Å². The van der Waals surface area contributed by atoms with Crippen molar-refractivity contribution in [3.8, 4) is 0 Å². The summed E-state index contributed by atoms with van der Waals surface area (Å²) in [5.74, 6) is -1.13. The molecule has 0 bridgehead atoms. The first kappa shape index (κ1) is 11.9. The van der Waals surface area contributed by atoms with Crippen LogP contribution in [0, 0.1) is 18.6 Å². The van der Waals surface area contributed by atoms with E-state index in [9.17, 15) is 8.78 Å². The number of halogens is 2. The highest BCUT2D eigenvalue weighted by molar-refractivity contribution is 5.48. The van der Waals surface area contributed by atoms with E-state index in [0.717, 1.165) is 0 Å². The molecule has 0 saturated carbocycles. The van der Waals surface area contributed by atoms with Crippen molar-refractivity contribution in [3.05, 3.63) is 29.3 Å². The van der Waals surface area contributed by atoms with E-state index in [2.05, 4.69) is 5.32 Å². The van der Waals surface area contributed by atoms with E-state index < -0.39 is 11.6 Å². The first-order valence-electron chi connectivity index (χ1n) is 4.77. The van der Waals surface area contributed by atoms with E-state index in [1.54, 1.807) is 14.0 Å². The molecule has 0 aliphatic rings. The van der Waals surface area contributed by atoms with Gasteiger partial charge < -0.3 is 10.1 Å². The quantitative estimate of drug-likeness (QED) is 0.833. The van der Waals surface area contributed by atoms with Crippen LogP contribution in [0.4, 0.5) is 14.5 Å². The average Bonchev–Trinajstić information content (AvgIpc) is 2.23. The predicted molar refractivity (Wildman–Crippen MR) is 56.1 cm³/mol. The van der Waals surface area contributed by atoms with E-state index in [1.807, 2.05) is 6.92 Å². The molecule has 0 fully saturated rings. The molecule has 0 spiro atoms. The lowest BCUT2D eigenvalue weighted by Crippen LogP contribution is -2.19. The Labute approximate surface area is 88.3 Å². The molecule has 15 heavy (non-hydrogen) atoms. The SMILES string of the molecule is COC(C)CNc1c(F)ccc(C)c1F. The summed E-state index contributed by atoms with van der Waals surface area (Å²) in [4.78, 5) is 0. The van der Waals surface area contributed by atoms with Gasteiger partial charge in [-0.05, 0) is 25.5 Å². The van der Waals surface area contributed by atoms with Gasteiger partial charge in [-0.2, -0.15) is 0 Å². The molecule has 84 valence electrons. The summed E-state index contributed by atoms with van der Waals surface area (Å²) >= 11 is 0. The third-order valence-corrected chi connectivity index (χ3v) is 2.25. The predicted octanol–water partition coefficient (Wildman–Crippen LogP) is 2.72. The number of methoxy groups -OCH3 is 1. The standard InChI is InChI=1S/C11H15F2NO/c1-7-4-5-9(12)11(10(7)13)14-6-8(2)15-3/h4-5,8,14H,6H2,1-3H3. The Morgan fingerprint density at radius 2 is 2.07 bits per heavy atom. The molecule has 0 heterocycles. The van der Waals surface area contributed by atoms with E-state index in [1.165, 1.54) is 12.1 Å². The zero-order valence-corrected chi connectivity index (χ0v) is 9.10. The topological polar surface area (TPSA) is 21.3 Å². The smallest absolute Gasteiger partial charge is 0.152 e. The summed E-state index contributed by atoms with van der Waals surface area (Å²) in [5, 5.41) is 2.70. The second-order valence-electron chi connectivity index (χ2n) is 3.48. The molecule has 0 aromatic heterocycles. The molecular weight excluding hydrogens is 200 g/mol. The Morgan fingerprint density at radius 1 is 1.40 bits per heavy atom. The van der Waals surface area contributed by atoms with Gasteiger partial charge in [0.05, 0.1) is 6.10 Å². The Hall–Kier alpha value is -1.16. The van der Waals surface area contributed by atoms with Crippen LogP contribution in [0.1, 0.15) is 12.5 Å². The minimum atomic E-state index is -0.582. The maximum absolute atomic E-state index is 13.5. The maximum atomic E-state index is 13.5. The van der Waals surface area contributed by atoms with Gasteiger partial charge in [-0.3, -0.25) is 0 Å². The Balaban J connectivity index is 2.80. The molecule has 1 aromatic rings. The average molecular weight is 215 g/mol. The first-order chi connectivity index (χ1) is 7.06. The van der Waals surface area contributed by atoms with Gasteiger partial charge in [0.15, 0.2) is 5.82 Å². The molecule has 0 aliphatic carbocycles. The summed E-state index contributed by atoms with van der Waals surface area (Å²) < 4.78 is 31.7. The van der Waals surface area contributed by atoms with Gasteiger partial charge in [0.1, 0.15) is 11.5 Å². The number of anilines is 1. The van der Waals surface area contributed by atoms with E-state index >= 15 is 0 Å². The lowest BCUT2D eigenvalue weighted by atomic mass is 10.2. The van der Waals surface area contributed by atoms with Crippen molar-refractivity contribution in [2.45, 2.75) is 20.0 Å². The number of nitrogens with one attached hydrogen (secondary N) is 1. The number of hydrogen-bond donors (Lipinski definition) is 1. The van der Waals surface area contributed by atoms with E-state index in [4.69, 9.17) is 4.74 Å². The highest BCUT2D eigenvalue weighted by Crippen LogP contribution is 2.21. The van der Waals surface area contributed by atoms with Crippen molar-refractivity contribution in [3.63, 3.8) is 0 Å². The zero-order valence-electron chi connectivity index (χ0n) is 9.10. The lowest BCUT2D eigenvalue weighted by Gasteiger charge is -2.13. The fourth-order valence-electron chi connectivity index (χ4n) is 1.15. The van der Waals surface area contributed by atoms with Crippen LogP contribution in [0.3, 0.4) is 0 Å². The van der Waals surface area contributed by atoms with Crippen molar-refractivity contribution in [1.82, 2.24) is 0 Å². The Morgan fingerprint density at radius 3 is 2.67 bits per heavy atom. The molecule has 4 heteroatoms. The number of benzene rings is 1. The fraction of sp³-hybridized carbons (Fsp3) is 0.455. The van der Waals surface area contributed by atoms with Crippen molar-refractivity contribution < 1.29 is 13.5 Å². The minimum Gasteiger partial charge on any atom is -0.380 e. The second-order valence-corrected chi connectivity index (χ2v) is 3.48. The summed E-state index contributed by atoms with van der Waals surface area (Å²) in [6.45, 7) is 3.78. The van der Waals surface area contributed by atoms with Crippen LogP contribution in [0.15, 0.2) is 12.1 Å². The number of hydrogen-bond acceptors (Lipinski definition) is 2. The Bertz CT molecular complexity index is 342. The molecular formula is C11H15F2NO. The molecule has 1 rings (SSSR count). The fourth-order valence-corrected chi connectivity index (χ4v) is 1.15. The van der Waals surface area contributed by atoms with Gasteiger partial charge in [-0.15, -0.1) is 0 Å². The highest BCUT2D eigenvalue weighted by Gasteiger charge is 2.11. The molecule has 1 aromatic carbocycles. The maximum Gasteiger partial charge on any atom is 0.152 e. The van der Waals surface area contributed by atoms with E-state index in [0.29, 0.717) is 12.1 Å². The van der Waals surface area contributed by atoms with Crippen molar-refractivity contribution in [2.24, 2.45) is 0 Å². The molecule has 2 nitrogen and oxygen atoms in total. The second kappa shape index (κ2) is 5.07. The molecule has 0 amide bonds. The molecule has 0 saturated heterocycles. The number of ether oxygens (including phenoxy) is 1. The van der Waals surface area contributed by atoms with Gasteiger partial charge in [-0.1, -0.05) is 6.07 Å². The monoisotopic (exact) mass is 215 g/mol. The summed E-state index contributed by atoms with van der Waals surface area (Å²) in [7, 11) is 1.55. The van der Waals surface area contributed by atoms with Gasteiger partial charge in [0.25, 0.3) is 0 Å². The zero-order chi connectivity index (χ0) is 11.4. The van der Waals surface area contributed by atoms with Crippen LogP contribution in [0.2, 0.25) is 0 Å². The molecule has 1 unspecified atom stereocenters. The Kier molecular flexibility index (Phi) is 4.03. The normalized spacial score (nSPS) is 12.6. The van der Waals surface area contributed by atoms with Crippen molar-refractivity contribution in [2.75, 3.05) is 19.0 Å². The van der Waals surface area contributed by atoms with Crippen molar-refractivity contribution in [1.29, 1.82) is 0 Å². The van der Waals surface area contributed by atoms with Gasteiger partial charge in [0.2, 0.25) is 0 Å². The van der Waals surface area contributed by atoms with Crippen molar-refractivity contribution >= 4 is 5.69 Å². The minimum absolute atomic E-state index is 0.0844. The molecule has 0 aliphatic heterocycles. The van der Waals surface area contributed by atoms with Crippen LogP contribution in [-0.4, -0.2) is 19.8 Å². The molecule has 1 atom stereocenters. The third-order valence-electron chi connectivity index (χ3n) is 2.25. The lowest BCUT2D eigenvalue weighted by molar-refractivity contribution is 0.128. The van der Waals surface area contributed by atoms with Crippen LogP contribution in [0.25, 0.3) is 0 Å². The van der Waals surface area contributed by atoms with Crippen LogP contribution in [-0.2, 0) is 4.74 Å². The molecule has 0 radical (unpaired) electrons. The van der Waals surface area contributed by atoms with Crippen LogP contribution < -0.4 is 5.32 Å². The highest BCUT2D eigenvalue weighted by atomic mass is 19.1. The summed E-state index contributed by atoms with van der Waals surface area (Å²) in [6, 6.07) is 2.66. The summed E-state index contributed by atoms with van der Waals surface area (Å²) in [5.41, 5.74) is 0.336. The number of rotatable bonds is 4. The van der Waals surface area contributed by atoms with Gasteiger partial charge in [0, 0.05) is 13.7 Å². The van der Waals surface area contributed by atoms with Gasteiger partial charge >= 0.3 is 0 Å². The largest absolute Gasteiger partial charge is 0.380 e. The molecule has 1 N–H and O–H groups in total.